The molecule has 1 saturated carbocycles. The van der Waals surface area contributed by atoms with Gasteiger partial charge < -0.3 is 10.1 Å². The van der Waals surface area contributed by atoms with E-state index in [0.29, 0.717) is 5.92 Å². The van der Waals surface area contributed by atoms with Crippen molar-refractivity contribution in [3.05, 3.63) is 0 Å². The van der Waals surface area contributed by atoms with Gasteiger partial charge in [0.2, 0.25) is 0 Å². The summed E-state index contributed by atoms with van der Waals surface area (Å²) in [7, 11) is 3.69. The van der Waals surface area contributed by atoms with Crippen molar-refractivity contribution in [1.29, 1.82) is 0 Å². The number of hydrogen-bond donors (Lipinski definition) is 1. The van der Waals surface area contributed by atoms with Crippen LogP contribution in [0.2, 0.25) is 0 Å². The molecule has 0 atom stereocenters. The Hall–Kier alpha value is -0.0800. The molecule has 0 heterocycles. The Morgan fingerprint density at radius 3 is 0.917 bits per heavy atom. The van der Waals surface area contributed by atoms with Gasteiger partial charge in [-0.3, -0.25) is 0 Å². The highest BCUT2D eigenvalue weighted by Gasteiger charge is 2.39. The van der Waals surface area contributed by atoms with Crippen molar-refractivity contribution >= 4 is 0 Å². The standard InChI is InChI=1S/C7H14.2C6H14.C5H13N.C5H12O.C5H12/c1-6(2)7(3)4-5-7;2*1-5(2)6(3)4;2*1-5(2)4-6-3;1-4-5(2)3/h6H,4-5H2,1-3H3;2*5-6H,1-4H3;5-6H,4H2,1-3H3;5H,4H2,1-3H3;5H,4H2,1-3H3. The van der Waals surface area contributed by atoms with E-state index in [9.17, 15) is 0 Å². The number of rotatable bonds is 8. The van der Waals surface area contributed by atoms with Gasteiger partial charge in [0.1, 0.15) is 0 Å². The molecule has 0 aromatic rings. The highest BCUT2D eigenvalue weighted by Crippen LogP contribution is 2.50. The maximum atomic E-state index is 4.80. The van der Waals surface area contributed by atoms with E-state index in [1.807, 2.05) is 7.05 Å². The van der Waals surface area contributed by atoms with Gasteiger partial charge in [0.25, 0.3) is 0 Å². The van der Waals surface area contributed by atoms with Gasteiger partial charge in [-0.15, -0.1) is 0 Å². The third-order valence-electron chi connectivity index (χ3n) is 7.03. The van der Waals surface area contributed by atoms with Gasteiger partial charge in [0, 0.05) is 13.7 Å². The Kier molecular flexibility index (Phi) is 37.5. The lowest BCUT2D eigenvalue weighted by Gasteiger charge is -2.10. The molecule has 0 unspecified atom stereocenters. The summed E-state index contributed by atoms with van der Waals surface area (Å²) in [4.78, 5) is 0. The van der Waals surface area contributed by atoms with E-state index in [1.165, 1.54) is 19.3 Å². The largest absolute Gasteiger partial charge is 0.384 e. The molecule has 1 aliphatic rings. The molecule has 0 aromatic carbocycles. The van der Waals surface area contributed by atoms with Crippen LogP contribution in [0.1, 0.15) is 144 Å². The molecule has 2 nitrogen and oxygen atoms in total. The fourth-order valence-corrected chi connectivity index (χ4v) is 1.52. The van der Waals surface area contributed by atoms with Gasteiger partial charge >= 0.3 is 0 Å². The summed E-state index contributed by atoms with van der Waals surface area (Å²) in [5.74, 6) is 6.66. The number of hydrogen-bond acceptors (Lipinski definition) is 2. The molecule has 2 heteroatoms. The van der Waals surface area contributed by atoms with Crippen LogP contribution in [0, 0.1) is 52.8 Å². The van der Waals surface area contributed by atoms with Gasteiger partial charge in [-0.2, -0.15) is 0 Å². The molecule has 0 bridgehead atoms. The van der Waals surface area contributed by atoms with Crippen molar-refractivity contribution in [1.82, 2.24) is 5.32 Å². The summed E-state index contributed by atoms with van der Waals surface area (Å²) < 4.78 is 4.80. The van der Waals surface area contributed by atoms with Crippen LogP contribution in [0.3, 0.4) is 0 Å². The first-order valence-electron chi connectivity index (χ1n) is 15.4. The second-order valence-electron chi connectivity index (χ2n) is 13.9. The van der Waals surface area contributed by atoms with Crippen LogP contribution in [-0.4, -0.2) is 27.3 Å². The van der Waals surface area contributed by atoms with Crippen molar-refractivity contribution in [2.45, 2.75) is 144 Å². The van der Waals surface area contributed by atoms with E-state index in [4.69, 9.17) is 4.74 Å². The number of methoxy groups -OCH3 is 1. The van der Waals surface area contributed by atoms with Crippen LogP contribution < -0.4 is 5.32 Å². The van der Waals surface area contributed by atoms with Crippen LogP contribution in [0.4, 0.5) is 0 Å². The van der Waals surface area contributed by atoms with Crippen molar-refractivity contribution < 1.29 is 4.74 Å². The fraction of sp³-hybridized carbons (Fsp3) is 1.00. The summed E-state index contributed by atoms with van der Waals surface area (Å²) in [6.45, 7) is 42.2. The first kappa shape index (κ1) is 45.8. The molecule has 1 N–H and O–H groups in total. The van der Waals surface area contributed by atoms with Crippen molar-refractivity contribution in [3.8, 4) is 0 Å². The Balaban J connectivity index is -0.000000107. The minimum Gasteiger partial charge on any atom is -0.384 e. The van der Waals surface area contributed by atoms with Crippen LogP contribution in [0.15, 0.2) is 0 Å². The summed E-state index contributed by atoms with van der Waals surface area (Å²) >= 11 is 0. The van der Waals surface area contributed by atoms with Gasteiger partial charge in [0.05, 0.1) is 0 Å². The summed E-state index contributed by atoms with van der Waals surface area (Å²) in [6, 6.07) is 0. The number of nitrogens with one attached hydrogen (secondary N) is 1. The van der Waals surface area contributed by atoms with E-state index in [-0.39, 0.29) is 0 Å². The SMILES string of the molecule is CC(C)C(C)C.CC(C)C(C)C.CC(C)C1(C)CC1.CCC(C)C.CNCC(C)C.COCC(C)C. The molecule has 0 radical (unpaired) electrons. The molecule has 1 aliphatic carbocycles. The second kappa shape index (κ2) is 29.5. The predicted octanol–water partition coefficient (Wildman–Crippen LogP) is 11.2. The average Bonchev–Trinajstić information content (AvgIpc) is 3.49. The zero-order valence-electron chi connectivity index (χ0n) is 29.6. The third kappa shape index (κ3) is 50.7. The molecule has 1 rings (SSSR count). The van der Waals surface area contributed by atoms with Gasteiger partial charge in [-0.1, -0.05) is 131 Å². The average molecular weight is 518 g/mol. The summed E-state index contributed by atoms with van der Waals surface area (Å²) in [6.07, 6.45) is 4.23. The van der Waals surface area contributed by atoms with E-state index in [0.717, 1.165) is 60.0 Å². The monoisotopic (exact) mass is 518 g/mol. The molecule has 0 amide bonds. The van der Waals surface area contributed by atoms with Gasteiger partial charge in [0.15, 0.2) is 0 Å². The lowest BCUT2D eigenvalue weighted by molar-refractivity contribution is 0.167. The van der Waals surface area contributed by atoms with Crippen molar-refractivity contribution in [3.63, 3.8) is 0 Å². The summed E-state index contributed by atoms with van der Waals surface area (Å²) in [5, 5.41) is 3.07. The lowest BCUT2D eigenvalue weighted by atomic mass is 9.95. The smallest absolute Gasteiger partial charge is 0.0485 e. The van der Waals surface area contributed by atoms with E-state index < -0.39 is 0 Å². The molecule has 0 aliphatic heterocycles. The topological polar surface area (TPSA) is 21.3 Å². The van der Waals surface area contributed by atoms with E-state index >= 15 is 0 Å². The Morgan fingerprint density at radius 2 is 0.917 bits per heavy atom. The highest BCUT2D eigenvalue weighted by molar-refractivity contribution is 4.90. The molecular weight excluding hydrogens is 438 g/mol. The zero-order valence-corrected chi connectivity index (χ0v) is 29.6. The maximum Gasteiger partial charge on any atom is 0.0485 e. The molecule has 0 saturated heterocycles. The van der Waals surface area contributed by atoms with E-state index in [1.54, 1.807) is 7.11 Å². The molecule has 0 spiro atoms. The first-order valence-corrected chi connectivity index (χ1v) is 15.4. The molecule has 36 heavy (non-hydrogen) atoms. The highest BCUT2D eigenvalue weighted by atomic mass is 16.5. The van der Waals surface area contributed by atoms with Crippen LogP contribution >= 0.6 is 0 Å². The van der Waals surface area contributed by atoms with Gasteiger partial charge in [-0.05, 0) is 79.2 Å². The third-order valence-corrected chi connectivity index (χ3v) is 7.03. The normalized spacial score (nSPS) is 13.3. The molecular formula is C34H79NO. The Morgan fingerprint density at radius 1 is 0.611 bits per heavy atom. The lowest BCUT2D eigenvalue weighted by Crippen LogP contribution is -2.12. The Bertz CT molecular complexity index is 343. The van der Waals surface area contributed by atoms with Crippen molar-refractivity contribution in [2.75, 3.05) is 27.3 Å². The molecule has 226 valence electrons. The zero-order chi connectivity index (χ0) is 30.1. The summed E-state index contributed by atoms with van der Waals surface area (Å²) in [5.41, 5.74) is 0.750. The quantitative estimate of drug-likeness (QED) is 0.345. The predicted molar refractivity (Wildman–Crippen MR) is 172 cm³/mol. The van der Waals surface area contributed by atoms with Gasteiger partial charge in [-0.25, -0.2) is 0 Å². The second-order valence-corrected chi connectivity index (χ2v) is 13.9. The first-order chi connectivity index (χ1) is 16.2. The molecule has 1 fully saturated rings. The van der Waals surface area contributed by atoms with Crippen molar-refractivity contribution in [2.24, 2.45) is 52.8 Å². The van der Waals surface area contributed by atoms with Crippen LogP contribution in [0.25, 0.3) is 0 Å². The minimum absolute atomic E-state index is 0.676. The Labute approximate surface area is 233 Å². The number of ether oxygens (including phenoxy) is 1. The molecule has 0 aromatic heterocycles. The minimum atomic E-state index is 0.676. The maximum absolute atomic E-state index is 4.80. The van der Waals surface area contributed by atoms with Crippen LogP contribution in [-0.2, 0) is 4.74 Å². The van der Waals surface area contributed by atoms with E-state index in [2.05, 4.69) is 130 Å². The van der Waals surface area contributed by atoms with Crippen LogP contribution in [0.5, 0.6) is 0 Å². The fourth-order valence-electron chi connectivity index (χ4n) is 1.52.